The molecule has 11 nitrogen and oxygen atoms in total. The van der Waals surface area contributed by atoms with Gasteiger partial charge in [-0.25, -0.2) is 8.78 Å². The zero-order chi connectivity index (χ0) is 36.9. The number of hydrogen-bond donors (Lipinski definition) is 6. The van der Waals surface area contributed by atoms with Crippen molar-refractivity contribution in [2.75, 3.05) is 13.2 Å². The number of ether oxygens (including phenoxy) is 3. The molecule has 2 aliphatic rings. The predicted octanol–water partition coefficient (Wildman–Crippen LogP) is 3.14. The Morgan fingerprint density at radius 2 is 1.55 bits per heavy atom. The minimum absolute atomic E-state index is 0.0413. The normalized spacial score (nSPS) is 24.5. The van der Waals surface area contributed by atoms with Gasteiger partial charge in [0, 0.05) is 13.0 Å². The second-order valence-corrected chi connectivity index (χ2v) is 13.9. The van der Waals surface area contributed by atoms with Crippen LogP contribution in [0.15, 0.2) is 42.5 Å². The highest BCUT2D eigenvalue weighted by atomic mass is 19.2. The molecule has 4 rings (SSSR count). The van der Waals surface area contributed by atoms with Crippen molar-refractivity contribution < 1.29 is 53.0 Å². The van der Waals surface area contributed by atoms with Gasteiger partial charge in [-0.1, -0.05) is 74.4 Å². The number of hydrogen-bond acceptors (Lipinski definition) is 9. The van der Waals surface area contributed by atoms with Crippen LogP contribution in [0.25, 0.3) is 0 Å². The number of aryl methyl sites for hydroxylation is 2. The zero-order valence-corrected chi connectivity index (χ0v) is 29.5. The second-order valence-electron chi connectivity index (χ2n) is 13.9. The minimum atomic E-state index is -1.32. The Balaban J connectivity index is 1.12. The number of carbonyl (C=O) groups excluding carboxylic acids is 2. The molecular formula is C38H54F2N2O9. The molecule has 2 aromatic rings. The summed E-state index contributed by atoms with van der Waals surface area (Å²) in [5.74, 6) is -2.19. The highest BCUT2D eigenvalue weighted by Crippen LogP contribution is 2.36. The van der Waals surface area contributed by atoms with Crippen molar-refractivity contribution in [2.24, 2.45) is 0 Å². The molecule has 51 heavy (non-hydrogen) atoms. The van der Waals surface area contributed by atoms with Crippen molar-refractivity contribution in [1.29, 1.82) is 0 Å². The van der Waals surface area contributed by atoms with E-state index in [9.17, 15) is 38.8 Å². The summed E-state index contributed by atoms with van der Waals surface area (Å²) in [6.45, 7) is 3.09. The maximum Gasteiger partial charge on any atom is 0.224 e. The molecule has 2 aliphatic heterocycles. The Morgan fingerprint density at radius 3 is 2.24 bits per heavy atom. The maximum atomic E-state index is 13.3. The molecule has 0 radical (unpaired) electrons. The van der Waals surface area contributed by atoms with Crippen LogP contribution in [0, 0.1) is 18.6 Å². The average molecular weight is 721 g/mol. The molecule has 2 heterocycles. The van der Waals surface area contributed by atoms with Gasteiger partial charge in [0.05, 0.1) is 25.2 Å². The first-order valence-corrected chi connectivity index (χ1v) is 18.1. The van der Waals surface area contributed by atoms with Gasteiger partial charge in [-0.2, -0.15) is 0 Å². The number of carbonyl (C=O) groups is 2. The summed E-state index contributed by atoms with van der Waals surface area (Å²) in [5.41, 5.74) is 2.68. The Hall–Kier alpha value is -3.04. The molecular weight excluding hydrogens is 666 g/mol. The van der Waals surface area contributed by atoms with Gasteiger partial charge in [-0.05, 0) is 56.4 Å². The first kappa shape index (κ1) is 40.7. The molecule has 284 valence electrons. The van der Waals surface area contributed by atoms with E-state index in [1.165, 1.54) is 13.0 Å². The topological polar surface area (TPSA) is 167 Å². The van der Waals surface area contributed by atoms with Gasteiger partial charge < -0.3 is 45.3 Å². The van der Waals surface area contributed by atoms with Crippen LogP contribution in [0.5, 0.6) is 0 Å². The summed E-state index contributed by atoms with van der Waals surface area (Å²) in [6, 6.07) is 10.7. The Kier molecular flexibility index (Phi) is 16.2. The molecule has 0 aromatic heterocycles. The van der Waals surface area contributed by atoms with Crippen molar-refractivity contribution in [1.82, 2.24) is 10.6 Å². The molecule has 6 N–H and O–H groups in total. The summed E-state index contributed by atoms with van der Waals surface area (Å²) in [6.07, 6.45) is 0.105. The molecule has 0 saturated carbocycles. The summed E-state index contributed by atoms with van der Waals surface area (Å²) in [7, 11) is 0. The van der Waals surface area contributed by atoms with Crippen LogP contribution in [0.3, 0.4) is 0 Å². The van der Waals surface area contributed by atoms with Crippen LogP contribution < -0.4 is 10.6 Å². The van der Waals surface area contributed by atoms with Gasteiger partial charge in [-0.15, -0.1) is 0 Å². The van der Waals surface area contributed by atoms with Gasteiger partial charge in [0.15, 0.2) is 17.9 Å². The molecule has 2 aromatic carbocycles. The Labute approximate surface area is 298 Å². The number of fused-ring (bicyclic) bond motifs is 1. The number of rotatable bonds is 21. The number of halogens is 2. The lowest BCUT2D eigenvalue weighted by Gasteiger charge is -2.52. The first-order valence-electron chi connectivity index (χ1n) is 18.1. The van der Waals surface area contributed by atoms with Crippen LogP contribution in [0.1, 0.15) is 81.4 Å². The monoisotopic (exact) mass is 720 g/mol. The van der Waals surface area contributed by atoms with Crippen LogP contribution in [-0.4, -0.2) is 100 Å². The molecule has 4 unspecified atom stereocenters. The van der Waals surface area contributed by atoms with E-state index in [-0.39, 0.29) is 37.8 Å². The Bertz CT molecular complexity index is 1400. The molecule has 0 bridgehead atoms. The smallest absolute Gasteiger partial charge is 0.224 e. The molecule has 2 amide bonds. The van der Waals surface area contributed by atoms with E-state index in [0.717, 1.165) is 74.1 Å². The van der Waals surface area contributed by atoms with Gasteiger partial charge in [-0.3, -0.25) is 9.59 Å². The number of aliphatic hydroxyl groups excluding tert-OH is 4. The average Bonchev–Trinajstić information content (AvgIpc) is 3.08. The van der Waals surface area contributed by atoms with E-state index >= 15 is 0 Å². The highest BCUT2D eigenvalue weighted by Gasteiger charge is 2.56. The molecule has 9 atom stereocenters. The van der Waals surface area contributed by atoms with Crippen molar-refractivity contribution >= 4 is 11.8 Å². The summed E-state index contributed by atoms with van der Waals surface area (Å²) in [5, 5.41) is 47.3. The molecule has 0 spiro atoms. The van der Waals surface area contributed by atoms with E-state index < -0.39 is 66.7 Å². The second kappa shape index (κ2) is 20.3. The third-order valence-electron chi connectivity index (χ3n) is 9.53. The van der Waals surface area contributed by atoms with E-state index in [0.29, 0.717) is 6.42 Å². The summed E-state index contributed by atoms with van der Waals surface area (Å²) >= 11 is 0. The maximum absolute atomic E-state index is 13.3. The SMILES string of the molecule is Cc1cccc(CC(=O)NCC2O[C@@H]3C(OC[C@H](NC(=O)CCCCCCCCCCc4ccc(F)c(F)c4)[C@H](O)[C@@H](C)O)OC3C(O)[C@H]2O)c1. The minimum Gasteiger partial charge on any atom is -0.391 e. The van der Waals surface area contributed by atoms with Gasteiger partial charge >= 0.3 is 0 Å². The van der Waals surface area contributed by atoms with E-state index in [1.807, 2.05) is 31.2 Å². The van der Waals surface area contributed by atoms with E-state index in [4.69, 9.17) is 14.2 Å². The number of unbranched alkanes of at least 4 members (excludes halogenated alkanes) is 7. The van der Waals surface area contributed by atoms with E-state index in [1.54, 1.807) is 6.07 Å². The number of amides is 2. The predicted molar refractivity (Wildman–Crippen MR) is 184 cm³/mol. The molecule has 13 heteroatoms. The third-order valence-corrected chi connectivity index (χ3v) is 9.53. The summed E-state index contributed by atoms with van der Waals surface area (Å²) in [4.78, 5) is 25.2. The van der Waals surface area contributed by atoms with Crippen molar-refractivity contribution in [2.45, 2.75) is 140 Å². The highest BCUT2D eigenvalue weighted by molar-refractivity contribution is 5.78. The molecule has 2 fully saturated rings. The third kappa shape index (κ3) is 12.6. The molecule has 2 saturated heterocycles. The number of nitrogens with one attached hydrogen (secondary N) is 2. The van der Waals surface area contributed by atoms with Gasteiger partial charge in [0.2, 0.25) is 11.8 Å². The first-order chi connectivity index (χ1) is 24.4. The lowest BCUT2D eigenvalue weighted by atomic mass is 9.90. The largest absolute Gasteiger partial charge is 0.391 e. The Morgan fingerprint density at radius 1 is 0.843 bits per heavy atom. The van der Waals surface area contributed by atoms with Crippen LogP contribution >= 0.6 is 0 Å². The quantitative estimate of drug-likeness (QED) is 0.106. The van der Waals surface area contributed by atoms with Crippen molar-refractivity contribution in [3.8, 4) is 0 Å². The fourth-order valence-electron chi connectivity index (χ4n) is 6.49. The number of benzene rings is 2. The van der Waals surface area contributed by atoms with Crippen molar-refractivity contribution in [3.05, 3.63) is 70.8 Å². The van der Waals surface area contributed by atoms with Gasteiger partial charge in [0.1, 0.15) is 36.6 Å². The zero-order valence-electron chi connectivity index (χ0n) is 29.5. The molecule has 0 aliphatic carbocycles. The standard InChI is InChI=1S/C38H54F2N2O9/c1-23-12-11-14-26(18-23)20-32(45)41-21-30-34(47)35(48)36-37(50-30)38(51-36)49-22-29(33(46)24(2)43)42-31(44)15-10-8-6-4-3-5-7-9-13-25-16-17-27(39)28(40)19-25/h11-12,14,16-19,24,29-30,33-38,43,46-48H,3-10,13,15,20-22H2,1-2H3,(H,41,45)(H,42,44)/t24-,29+,30?,33-,34+,35?,36?,37+,38?/m1/s1. The van der Waals surface area contributed by atoms with Crippen LogP contribution in [-0.2, 0) is 36.6 Å². The summed E-state index contributed by atoms with van der Waals surface area (Å²) < 4.78 is 43.8. The van der Waals surface area contributed by atoms with Crippen LogP contribution in [0.4, 0.5) is 8.78 Å². The fourth-order valence-corrected chi connectivity index (χ4v) is 6.49. The van der Waals surface area contributed by atoms with E-state index in [2.05, 4.69) is 10.6 Å². The number of aliphatic hydroxyl groups is 4. The lowest BCUT2D eigenvalue weighted by molar-refractivity contribution is -0.392. The van der Waals surface area contributed by atoms with Crippen molar-refractivity contribution in [3.63, 3.8) is 0 Å². The fraction of sp³-hybridized carbons (Fsp3) is 0.632. The lowest BCUT2D eigenvalue weighted by Crippen LogP contribution is -2.71. The van der Waals surface area contributed by atoms with Crippen LogP contribution in [0.2, 0.25) is 0 Å². The van der Waals surface area contributed by atoms with Gasteiger partial charge in [0.25, 0.3) is 0 Å².